The van der Waals surface area contributed by atoms with Gasteiger partial charge in [0.25, 0.3) is 0 Å². The number of hydrogen-bond donors (Lipinski definition) is 0. The fourth-order valence-electron chi connectivity index (χ4n) is 2.40. The normalized spacial score (nSPS) is 10.7. The maximum atomic E-state index is 8.77. The Morgan fingerprint density at radius 3 is 1.96 bits per heavy atom. The Hall–Kier alpha value is -2.67. The molecule has 25 heavy (non-hydrogen) atoms. The van der Waals surface area contributed by atoms with Gasteiger partial charge >= 0.3 is 0 Å². The monoisotopic (exact) mass is 335 g/mol. The van der Waals surface area contributed by atoms with Crippen molar-refractivity contribution in [3.63, 3.8) is 0 Å². The van der Waals surface area contributed by atoms with E-state index in [2.05, 4.69) is 23.2 Å². The first kappa shape index (κ1) is 18.7. The van der Waals surface area contributed by atoms with Crippen LogP contribution >= 0.6 is 0 Å². The quantitative estimate of drug-likeness (QED) is 0.358. The molecule has 0 aliphatic carbocycles. The van der Waals surface area contributed by atoms with Crippen LogP contribution in [-0.2, 0) is 0 Å². The maximum Gasteiger partial charge on any atom is 0.119 e. The summed E-state index contributed by atoms with van der Waals surface area (Å²) in [6.45, 7) is 2.99. The molecule has 0 heterocycles. The molecule has 0 fully saturated rings. The summed E-state index contributed by atoms with van der Waals surface area (Å²) < 4.78 is 5.75. The minimum atomic E-state index is 0.616. The van der Waals surface area contributed by atoms with E-state index in [-0.39, 0.29) is 0 Å². The number of azo groups is 1. The average Bonchev–Trinajstić information content (AvgIpc) is 2.67. The van der Waals surface area contributed by atoms with Crippen molar-refractivity contribution in [1.82, 2.24) is 0 Å². The Balaban J connectivity index is 1.73. The first-order valence-corrected chi connectivity index (χ1v) is 8.96. The molecule has 2 rings (SSSR count). The third-order valence-electron chi connectivity index (χ3n) is 3.88. The molecular weight excluding hydrogens is 310 g/mol. The lowest BCUT2D eigenvalue weighted by atomic mass is 10.1. The zero-order valence-electron chi connectivity index (χ0n) is 14.8. The molecule has 130 valence electrons. The number of nitrogens with zero attached hydrogens (tertiary/aromatic N) is 3. The molecule has 4 nitrogen and oxygen atoms in total. The molecule has 4 heteroatoms. The van der Waals surface area contributed by atoms with E-state index in [0.29, 0.717) is 5.56 Å². The summed E-state index contributed by atoms with van der Waals surface area (Å²) >= 11 is 0. The highest BCUT2D eigenvalue weighted by molar-refractivity contribution is 5.44. The molecule has 0 amide bonds. The standard InChI is InChI=1S/C21H25N3O/c1-2-3-4-5-6-7-16-25-21-14-12-20(13-15-21)24-23-19-10-8-18(17-22)9-11-19/h8-15H,2-7,16H2,1H3/b24-23+. The minimum absolute atomic E-state index is 0.616. The van der Waals surface area contributed by atoms with E-state index < -0.39 is 0 Å². The fraction of sp³-hybridized carbons (Fsp3) is 0.381. The Labute approximate surface area is 150 Å². The van der Waals surface area contributed by atoms with E-state index in [9.17, 15) is 0 Å². The summed E-state index contributed by atoms with van der Waals surface area (Å²) in [7, 11) is 0. The summed E-state index contributed by atoms with van der Waals surface area (Å²) in [5.74, 6) is 0.867. The van der Waals surface area contributed by atoms with Crippen LogP contribution < -0.4 is 4.74 Å². The Morgan fingerprint density at radius 1 is 0.800 bits per heavy atom. The van der Waals surface area contributed by atoms with E-state index in [1.165, 1.54) is 32.1 Å². The summed E-state index contributed by atoms with van der Waals surface area (Å²) in [6, 6.07) is 16.7. The molecule has 2 aromatic rings. The van der Waals surface area contributed by atoms with Crippen LogP contribution in [0, 0.1) is 11.3 Å². The molecule has 0 saturated carbocycles. The molecule has 2 aromatic carbocycles. The smallest absolute Gasteiger partial charge is 0.119 e. The van der Waals surface area contributed by atoms with Crippen LogP contribution in [0.25, 0.3) is 0 Å². The van der Waals surface area contributed by atoms with Crippen molar-refractivity contribution in [2.75, 3.05) is 6.61 Å². The van der Waals surface area contributed by atoms with Gasteiger partial charge in [0.05, 0.1) is 29.6 Å². The molecule has 0 aliphatic rings. The highest BCUT2D eigenvalue weighted by Crippen LogP contribution is 2.21. The van der Waals surface area contributed by atoms with Gasteiger partial charge in [0, 0.05) is 0 Å². The Kier molecular flexibility index (Phi) is 8.20. The predicted molar refractivity (Wildman–Crippen MR) is 101 cm³/mol. The Bertz CT molecular complexity index is 685. The van der Waals surface area contributed by atoms with Crippen LogP contribution in [0.3, 0.4) is 0 Å². The van der Waals surface area contributed by atoms with Crippen LogP contribution in [0.15, 0.2) is 58.8 Å². The number of rotatable bonds is 10. The van der Waals surface area contributed by atoms with Gasteiger partial charge < -0.3 is 4.74 Å². The topological polar surface area (TPSA) is 57.7 Å². The van der Waals surface area contributed by atoms with E-state index in [1.54, 1.807) is 24.3 Å². The van der Waals surface area contributed by atoms with Crippen LogP contribution in [0.2, 0.25) is 0 Å². The van der Waals surface area contributed by atoms with Gasteiger partial charge in [-0.3, -0.25) is 0 Å². The SMILES string of the molecule is CCCCCCCCOc1ccc(/N=N/c2ccc(C#N)cc2)cc1. The van der Waals surface area contributed by atoms with Gasteiger partial charge in [-0.15, -0.1) is 0 Å². The molecule has 0 unspecified atom stereocenters. The number of nitriles is 1. The first-order chi connectivity index (χ1) is 12.3. The van der Waals surface area contributed by atoms with E-state index >= 15 is 0 Å². The van der Waals surface area contributed by atoms with Gasteiger partial charge in [-0.05, 0) is 55.0 Å². The van der Waals surface area contributed by atoms with Crippen LogP contribution in [0.1, 0.15) is 51.0 Å². The van der Waals surface area contributed by atoms with Crippen LogP contribution in [0.5, 0.6) is 5.75 Å². The Morgan fingerprint density at radius 2 is 1.36 bits per heavy atom. The number of benzene rings is 2. The van der Waals surface area contributed by atoms with Gasteiger partial charge in [0.15, 0.2) is 0 Å². The molecule has 0 aromatic heterocycles. The van der Waals surface area contributed by atoms with Gasteiger partial charge in [0.1, 0.15) is 5.75 Å². The lowest BCUT2D eigenvalue weighted by Gasteiger charge is -2.06. The van der Waals surface area contributed by atoms with Crippen molar-refractivity contribution in [3.8, 4) is 11.8 Å². The lowest BCUT2D eigenvalue weighted by Crippen LogP contribution is -1.96. The summed E-state index contributed by atoms with van der Waals surface area (Å²) in [4.78, 5) is 0. The molecule has 0 N–H and O–H groups in total. The second kappa shape index (κ2) is 11.0. The lowest BCUT2D eigenvalue weighted by molar-refractivity contribution is 0.304. The van der Waals surface area contributed by atoms with Crippen molar-refractivity contribution in [2.45, 2.75) is 45.4 Å². The number of hydrogen-bond acceptors (Lipinski definition) is 4. The van der Waals surface area contributed by atoms with Crippen molar-refractivity contribution in [2.24, 2.45) is 10.2 Å². The second-order valence-electron chi connectivity index (χ2n) is 5.97. The molecule has 0 saturated heterocycles. The van der Waals surface area contributed by atoms with Crippen molar-refractivity contribution < 1.29 is 4.74 Å². The maximum absolute atomic E-state index is 8.77. The molecule has 0 atom stereocenters. The molecular formula is C21H25N3O. The van der Waals surface area contributed by atoms with E-state index in [1.807, 2.05) is 24.3 Å². The number of unbranched alkanes of at least 4 members (excludes halogenated alkanes) is 5. The van der Waals surface area contributed by atoms with E-state index in [0.717, 1.165) is 30.2 Å². The summed E-state index contributed by atoms with van der Waals surface area (Å²) in [6.07, 6.45) is 7.58. The number of ether oxygens (including phenoxy) is 1. The molecule has 0 aliphatic heterocycles. The first-order valence-electron chi connectivity index (χ1n) is 8.96. The molecule has 0 bridgehead atoms. The fourth-order valence-corrected chi connectivity index (χ4v) is 2.40. The molecule has 0 spiro atoms. The molecule has 0 radical (unpaired) electrons. The van der Waals surface area contributed by atoms with Gasteiger partial charge in [-0.2, -0.15) is 15.5 Å². The van der Waals surface area contributed by atoms with E-state index in [4.69, 9.17) is 10.00 Å². The van der Waals surface area contributed by atoms with Gasteiger partial charge in [0.2, 0.25) is 0 Å². The second-order valence-corrected chi connectivity index (χ2v) is 5.97. The van der Waals surface area contributed by atoms with Crippen molar-refractivity contribution in [3.05, 3.63) is 54.1 Å². The summed E-state index contributed by atoms with van der Waals surface area (Å²) in [5.41, 5.74) is 2.12. The van der Waals surface area contributed by atoms with Crippen LogP contribution in [-0.4, -0.2) is 6.61 Å². The zero-order chi connectivity index (χ0) is 17.7. The predicted octanol–water partition coefficient (Wildman–Crippen LogP) is 6.71. The van der Waals surface area contributed by atoms with Crippen molar-refractivity contribution in [1.29, 1.82) is 5.26 Å². The van der Waals surface area contributed by atoms with Crippen molar-refractivity contribution >= 4 is 11.4 Å². The zero-order valence-corrected chi connectivity index (χ0v) is 14.8. The van der Waals surface area contributed by atoms with Gasteiger partial charge in [-0.25, -0.2) is 0 Å². The third-order valence-corrected chi connectivity index (χ3v) is 3.88. The summed E-state index contributed by atoms with van der Waals surface area (Å²) in [5, 5.41) is 17.1. The van der Waals surface area contributed by atoms with Crippen LogP contribution in [0.4, 0.5) is 11.4 Å². The highest BCUT2D eigenvalue weighted by Gasteiger charge is 1.96. The largest absolute Gasteiger partial charge is 0.494 e. The average molecular weight is 335 g/mol. The highest BCUT2D eigenvalue weighted by atomic mass is 16.5. The van der Waals surface area contributed by atoms with Gasteiger partial charge in [-0.1, -0.05) is 39.0 Å². The minimum Gasteiger partial charge on any atom is -0.494 e. The third kappa shape index (κ3) is 7.17.